The van der Waals surface area contributed by atoms with Gasteiger partial charge in [-0.2, -0.15) is 4.72 Å². The number of nitrogens with one attached hydrogen (secondary N) is 2. The third-order valence-electron chi connectivity index (χ3n) is 5.21. The molecule has 2 aromatic rings. The Morgan fingerprint density at radius 3 is 2.83 bits per heavy atom. The lowest BCUT2D eigenvalue weighted by atomic mass is 9.97. The Morgan fingerprint density at radius 2 is 2.10 bits per heavy atom. The number of aryl methyl sites for hydroxylation is 1. The first-order valence-corrected chi connectivity index (χ1v) is 12.2. The lowest BCUT2D eigenvalue weighted by molar-refractivity contribution is -0.118. The van der Waals surface area contributed by atoms with Gasteiger partial charge in [0.2, 0.25) is 15.9 Å². The summed E-state index contributed by atoms with van der Waals surface area (Å²) in [7, 11) is -3.74. The molecule has 1 amide bonds. The average molecular weight is 488 g/mol. The zero-order valence-corrected chi connectivity index (χ0v) is 19.6. The Bertz CT molecular complexity index is 1080. The van der Waals surface area contributed by atoms with Crippen LogP contribution in [0.2, 0.25) is 4.34 Å². The smallest absolute Gasteiger partial charge is 0.245 e. The molecule has 6 nitrogen and oxygen atoms in total. The minimum Gasteiger partial charge on any atom is -0.312 e. The van der Waals surface area contributed by atoms with Crippen LogP contribution in [0.4, 0.5) is 5.69 Å². The van der Waals surface area contributed by atoms with Crippen molar-refractivity contribution in [2.75, 3.05) is 18.0 Å². The van der Waals surface area contributed by atoms with E-state index in [9.17, 15) is 13.2 Å². The molecule has 162 valence electrons. The molecule has 10 heteroatoms. The van der Waals surface area contributed by atoms with E-state index in [1.54, 1.807) is 17.0 Å². The molecule has 1 aromatic carbocycles. The molecule has 0 spiro atoms. The standard InChI is InChI=1S/C20H22ClN3O3S2.ClH/c1-13-10-15-12-22-7-4-14(15)11-18(13)24-8-5-17(20(24)25)23-29(26,27)9-6-16-2-3-19(21)28-16;/h2-3,6,9-11,17,22-23H,4-5,7-8,12H2,1H3;1H/t17-;/m0./s1. The van der Waals surface area contributed by atoms with E-state index in [0.717, 1.165) is 41.0 Å². The first-order chi connectivity index (χ1) is 13.8. The summed E-state index contributed by atoms with van der Waals surface area (Å²) in [5.41, 5.74) is 4.42. The van der Waals surface area contributed by atoms with Gasteiger partial charge in [-0.1, -0.05) is 17.7 Å². The number of fused-ring (bicyclic) bond motifs is 1. The van der Waals surface area contributed by atoms with Crippen molar-refractivity contribution < 1.29 is 13.2 Å². The normalized spacial score (nSPS) is 19.2. The number of benzene rings is 1. The van der Waals surface area contributed by atoms with Crippen LogP contribution in [0, 0.1) is 6.92 Å². The molecule has 2 aliphatic heterocycles. The van der Waals surface area contributed by atoms with Gasteiger partial charge in [-0.25, -0.2) is 8.42 Å². The summed E-state index contributed by atoms with van der Waals surface area (Å²) in [5, 5.41) is 4.44. The summed E-state index contributed by atoms with van der Waals surface area (Å²) in [6.45, 7) is 4.25. The Labute approximate surface area is 191 Å². The fraction of sp³-hybridized carbons (Fsp3) is 0.350. The van der Waals surface area contributed by atoms with E-state index in [1.807, 2.05) is 6.92 Å². The highest BCUT2D eigenvalue weighted by Crippen LogP contribution is 2.30. The SMILES string of the molecule is Cc1cc2c(cc1N1CC[C@H](NS(=O)(=O)C=Cc3ccc(Cl)s3)C1=O)CCNC2.Cl. The van der Waals surface area contributed by atoms with Gasteiger partial charge >= 0.3 is 0 Å². The fourth-order valence-corrected chi connectivity index (χ4v) is 5.84. The second-order valence-corrected chi connectivity index (χ2v) is 10.6. The second-order valence-electron chi connectivity index (χ2n) is 7.27. The van der Waals surface area contributed by atoms with Gasteiger partial charge in [0.1, 0.15) is 6.04 Å². The molecule has 4 rings (SSSR count). The predicted octanol–water partition coefficient (Wildman–Crippen LogP) is 3.47. The summed E-state index contributed by atoms with van der Waals surface area (Å²) in [6.07, 6.45) is 2.85. The number of halogens is 2. The molecule has 0 saturated carbocycles. The third kappa shape index (κ3) is 5.07. The van der Waals surface area contributed by atoms with Crippen LogP contribution in [0.15, 0.2) is 29.7 Å². The van der Waals surface area contributed by atoms with Crippen molar-refractivity contribution in [2.24, 2.45) is 0 Å². The Hall–Kier alpha value is -1.42. The summed E-state index contributed by atoms with van der Waals surface area (Å²) >= 11 is 7.15. The molecule has 1 aromatic heterocycles. The number of carbonyl (C=O) groups is 1. The molecular formula is C20H23Cl2N3O3S2. The lowest BCUT2D eigenvalue weighted by Gasteiger charge is -2.24. The zero-order valence-electron chi connectivity index (χ0n) is 16.4. The number of carbonyl (C=O) groups excluding carboxylic acids is 1. The maximum absolute atomic E-state index is 12.9. The van der Waals surface area contributed by atoms with Crippen LogP contribution in [0.1, 0.15) is 28.0 Å². The molecule has 0 radical (unpaired) electrons. The molecule has 0 aliphatic carbocycles. The fourth-order valence-electron chi connectivity index (χ4n) is 3.77. The van der Waals surface area contributed by atoms with Gasteiger partial charge in [0.15, 0.2) is 0 Å². The zero-order chi connectivity index (χ0) is 20.6. The molecule has 0 bridgehead atoms. The number of nitrogens with zero attached hydrogens (tertiary/aromatic N) is 1. The van der Waals surface area contributed by atoms with Crippen LogP contribution < -0.4 is 14.9 Å². The van der Waals surface area contributed by atoms with Crippen LogP contribution in [0.3, 0.4) is 0 Å². The second kappa shape index (κ2) is 9.38. The van der Waals surface area contributed by atoms with Crippen molar-refractivity contribution in [3.8, 4) is 0 Å². The van der Waals surface area contributed by atoms with Gasteiger partial charge < -0.3 is 10.2 Å². The van der Waals surface area contributed by atoms with Gasteiger partial charge in [-0.15, -0.1) is 23.7 Å². The first-order valence-electron chi connectivity index (χ1n) is 9.43. The summed E-state index contributed by atoms with van der Waals surface area (Å²) in [6, 6.07) is 6.91. The van der Waals surface area contributed by atoms with Crippen LogP contribution in [0.25, 0.3) is 6.08 Å². The van der Waals surface area contributed by atoms with E-state index in [-0.39, 0.29) is 18.3 Å². The van der Waals surface area contributed by atoms with Crippen molar-refractivity contribution in [1.29, 1.82) is 0 Å². The minimum atomic E-state index is -3.74. The maximum atomic E-state index is 12.9. The van der Waals surface area contributed by atoms with Crippen LogP contribution in [-0.2, 0) is 27.8 Å². The number of hydrogen-bond acceptors (Lipinski definition) is 5. The van der Waals surface area contributed by atoms with E-state index in [4.69, 9.17) is 11.6 Å². The first kappa shape index (κ1) is 23.2. The van der Waals surface area contributed by atoms with Crippen molar-refractivity contribution in [2.45, 2.75) is 32.4 Å². The highest BCUT2D eigenvalue weighted by Gasteiger charge is 2.35. The molecule has 3 heterocycles. The van der Waals surface area contributed by atoms with Crippen LogP contribution in [-0.4, -0.2) is 33.5 Å². The topological polar surface area (TPSA) is 78.5 Å². The Balaban J connectivity index is 0.00000256. The largest absolute Gasteiger partial charge is 0.312 e. The summed E-state index contributed by atoms with van der Waals surface area (Å²) in [5.74, 6) is -0.210. The minimum absolute atomic E-state index is 0. The highest BCUT2D eigenvalue weighted by atomic mass is 35.5. The third-order valence-corrected chi connectivity index (χ3v) is 7.52. The van der Waals surface area contributed by atoms with Crippen molar-refractivity contribution >= 4 is 63.0 Å². The van der Waals surface area contributed by atoms with E-state index in [2.05, 4.69) is 22.2 Å². The van der Waals surface area contributed by atoms with Gasteiger partial charge in [-0.05, 0) is 67.3 Å². The van der Waals surface area contributed by atoms with Crippen LogP contribution >= 0.6 is 35.3 Å². The van der Waals surface area contributed by atoms with Gasteiger partial charge in [0.05, 0.1) is 4.34 Å². The number of anilines is 1. The summed E-state index contributed by atoms with van der Waals surface area (Å²) in [4.78, 5) is 15.4. The average Bonchev–Trinajstić information content (AvgIpc) is 3.25. The monoisotopic (exact) mass is 487 g/mol. The molecular weight excluding hydrogens is 465 g/mol. The Kier molecular flexibility index (Phi) is 7.27. The number of amides is 1. The molecule has 1 saturated heterocycles. The lowest BCUT2D eigenvalue weighted by Crippen LogP contribution is -2.41. The number of hydrogen-bond donors (Lipinski definition) is 2. The number of thiophene rings is 1. The maximum Gasteiger partial charge on any atom is 0.245 e. The molecule has 1 fully saturated rings. The highest BCUT2D eigenvalue weighted by molar-refractivity contribution is 7.92. The van der Waals surface area contributed by atoms with Gasteiger partial charge in [-0.3, -0.25) is 4.79 Å². The quantitative estimate of drug-likeness (QED) is 0.676. The van der Waals surface area contributed by atoms with Crippen molar-refractivity contribution in [3.63, 3.8) is 0 Å². The summed E-state index contributed by atoms with van der Waals surface area (Å²) < 4.78 is 27.9. The van der Waals surface area contributed by atoms with E-state index >= 15 is 0 Å². The van der Waals surface area contributed by atoms with Crippen LogP contribution in [0.5, 0.6) is 0 Å². The van der Waals surface area contributed by atoms with Gasteiger partial charge in [0, 0.05) is 29.1 Å². The molecule has 1 atom stereocenters. The van der Waals surface area contributed by atoms with E-state index < -0.39 is 16.1 Å². The molecule has 0 unspecified atom stereocenters. The van der Waals surface area contributed by atoms with E-state index in [0.29, 0.717) is 17.3 Å². The molecule has 2 aliphatic rings. The van der Waals surface area contributed by atoms with E-state index in [1.165, 1.54) is 28.5 Å². The molecule has 2 N–H and O–H groups in total. The molecule has 30 heavy (non-hydrogen) atoms. The van der Waals surface area contributed by atoms with Gasteiger partial charge in [0.25, 0.3) is 0 Å². The number of rotatable bonds is 5. The van der Waals surface area contributed by atoms with Crippen molar-refractivity contribution in [3.05, 3.63) is 55.6 Å². The Morgan fingerprint density at radius 1 is 1.30 bits per heavy atom. The van der Waals surface area contributed by atoms with Crippen molar-refractivity contribution in [1.82, 2.24) is 10.0 Å². The number of sulfonamides is 1. The predicted molar refractivity (Wildman–Crippen MR) is 125 cm³/mol.